The number of fused-ring (bicyclic) bond motifs is 1. The van der Waals surface area contributed by atoms with Gasteiger partial charge in [0.15, 0.2) is 0 Å². The maximum Gasteiger partial charge on any atom is 0.229 e. The molecule has 1 fully saturated rings. The molecule has 0 spiro atoms. The van der Waals surface area contributed by atoms with E-state index in [1.54, 1.807) is 0 Å². The third-order valence-electron chi connectivity index (χ3n) is 7.77. The van der Waals surface area contributed by atoms with Crippen molar-refractivity contribution in [2.24, 2.45) is 5.92 Å². The Morgan fingerprint density at radius 2 is 1.76 bits per heavy atom. The third-order valence-corrected chi connectivity index (χ3v) is 7.77. The van der Waals surface area contributed by atoms with E-state index in [1.165, 1.54) is 22.3 Å². The van der Waals surface area contributed by atoms with E-state index in [1.807, 2.05) is 18.3 Å². The molecule has 2 aliphatic heterocycles. The van der Waals surface area contributed by atoms with Gasteiger partial charge in [0.1, 0.15) is 0 Å². The van der Waals surface area contributed by atoms with Gasteiger partial charge in [0.25, 0.3) is 0 Å². The van der Waals surface area contributed by atoms with Crippen LogP contribution in [-0.4, -0.2) is 72.5 Å². The summed E-state index contributed by atoms with van der Waals surface area (Å²) < 4.78 is 0. The Hall–Kier alpha value is -3.38. The van der Waals surface area contributed by atoms with Crippen molar-refractivity contribution in [1.82, 2.24) is 20.1 Å². The first-order valence-corrected chi connectivity index (χ1v) is 13.8. The number of nitrogens with zero attached hydrogens (tertiary/aromatic N) is 4. The second-order valence-electron chi connectivity index (χ2n) is 10.2. The SMILES string of the molecule is CCCN1C(c2ccccc2)=CC(C(=O)NCCCN2CCN(c3cccc4cccnc34)CC2)C1C. The van der Waals surface area contributed by atoms with Crippen LogP contribution in [-0.2, 0) is 4.79 Å². The molecule has 0 radical (unpaired) electrons. The highest BCUT2D eigenvalue weighted by molar-refractivity contribution is 5.90. The predicted octanol–water partition coefficient (Wildman–Crippen LogP) is 4.63. The third kappa shape index (κ3) is 5.64. The molecular formula is C31H39N5O. The predicted molar refractivity (Wildman–Crippen MR) is 152 cm³/mol. The Morgan fingerprint density at radius 1 is 0.973 bits per heavy atom. The number of pyridine rings is 1. The smallest absolute Gasteiger partial charge is 0.229 e. The van der Waals surface area contributed by atoms with Crippen molar-refractivity contribution in [3.05, 3.63) is 78.5 Å². The molecule has 0 bridgehead atoms. The lowest BCUT2D eigenvalue weighted by Gasteiger charge is -2.36. The molecule has 2 atom stereocenters. The number of anilines is 1. The maximum absolute atomic E-state index is 13.1. The highest BCUT2D eigenvalue weighted by Crippen LogP contribution is 2.34. The molecule has 2 unspecified atom stereocenters. The van der Waals surface area contributed by atoms with Gasteiger partial charge in [0.2, 0.25) is 5.91 Å². The molecule has 194 valence electrons. The lowest BCUT2D eigenvalue weighted by Crippen LogP contribution is -2.47. The number of piperazine rings is 1. The Labute approximate surface area is 221 Å². The van der Waals surface area contributed by atoms with Gasteiger partial charge < -0.3 is 15.1 Å². The zero-order chi connectivity index (χ0) is 25.6. The molecule has 1 amide bonds. The minimum Gasteiger partial charge on any atom is -0.367 e. The van der Waals surface area contributed by atoms with Crippen molar-refractivity contribution >= 4 is 28.2 Å². The molecule has 3 aromatic rings. The Bertz CT molecular complexity index is 1210. The molecule has 1 aromatic heterocycles. The first-order chi connectivity index (χ1) is 18.2. The normalized spacial score (nSPS) is 20.3. The van der Waals surface area contributed by atoms with Gasteiger partial charge >= 0.3 is 0 Å². The molecule has 0 aliphatic carbocycles. The number of carbonyl (C=O) groups excluding carboxylic acids is 1. The number of amides is 1. The van der Waals surface area contributed by atoms with Crippen molar-refractivity contribution in [2.75, 3.05) is 50.7 Å². The molecule has 3 heterocycles. The van der Waals surface area contributed by atoms with Gasteiger partial charge in [0, 0.05) is 62.6 Å². The van der Waals surface area contributed by atoms with Gasteiger partial charge in [-0.2, -0.15) is 0 Å². The number of carbonyl (C=O) groups is 1. The first-order valence-electron chi connectivity index (χ1n) is 13.8. The summed E-state index contributed by atoms with van der Waals surface area (Å²) in [5, 5.41) is 4.42. The maximum atomic E-state index is 13.1. The zero-order valence-corrected chi connectivity index (χ0v) is 22.1. The lowest BCUT2D eigenvalue weighted by atomic mass is 10.0. The summed E-state index contributed by atoms with van der Waals surface area (Å²) >= 11 is 0. The molecule has 6 nitrogen and oxygen atoms in total. The molecule has 5 rings (SSSR count). The number of nitrogens with one attached hydrogen (secondary N) is 1. The van der Waals surface area contributed by atoms with Gasteiger partial charge in [-0.15, -0.1) is 0 Å². The fourth-order valence-electron chi connectivity index (χ4n) is 5.74. The molecule has 1 saturated heterocycles. The van der Waals surface area contributed by atoms with Crippen LogP contribution >= 0.6 is 0 Å². The van der Waals surface area contributed by atoms with E-state index in [0.717, 1.165) is 64.2 Å². The summed E-state index contributed by atoms with van der Waals surface area (Å²) in [6.07, 6.45) is 6.08. The summed E-state index contributed by atoms with van der Waals surface area (Å²) in [7, 11) is 0. The van der Waals surface area contributed by atoms with Crippen LogP contribution in [0.15, 0.2) is 72.9 Å². The Morgan fingerprint density at radius 3 is 2.54 bits per heavy atom. The van der Waals surface area contributed by atoms with E-state index >= 15 is 0 Å². The summed E-state index contributed by atoms with van der Waals surface area (Å²) in [5.74, 6) is 0.0346. The average molecular weight is 498 g/mol. The molecule has 37 heavy (non-hydrogen) atoms. The number of hydrogen-bond acceptors (Lipinski definition) is 5. The van der Waals surface area contributed by atoms with Crippen LogP contribution in [0.1, 0.15) is 32.3 Å². The molecule has 6 heteroatoms. The fourth-order valence-corrected chi connectivity index (χ4v) is 5.74. The monoisotopic (exact) mass is 497 g/mol. The van der Waals surface area contributed by atoms with Gasteiger partial charge in [-0.05, 0) is 50.1 Å². The topological polar surface area (TPSA) is 51.7 Å². The minimum atomic E-state index is -0.111. The van der Waals surface area contributed by atoms with Crippen LogP contribution in [0.25, 0.3) is 16.6 Å². The van der Waals surface area contributed by atoms with Crippen LogP contribution in [0.2, 0.25) is 0 Å². The Balaban J connectivity index is 1.09. The Kier molecular flexibility index (Phi) is 8.05. The van der Waals surface area contributed by atoms with Gasteiger partial charge in [-0.3, -0.25) is 14.7 Å². The average Bonchev–Trinajstić information content (AvgIpc) is 3.27. The number of hydrogen-bond donors (Lipinski definition) is 1. The first kappa shape index (κ1) is 25.3. The molecular weight excluding hydrogens is 458 g/mol. The quantitative estimate of drug-likeness (QED) is 0.437. The van der Waals surface area contributed by atoms with Crippen LogP contribution in [0.4, 0.5) is 5.69 Å². The summed E-state index contributed by atoms with van der Waals surface area (Å²) in [6.45, 7) is 11.1. The summed E-state index contributed by atoms with van der Waals surface area (Å²) in [4.78, 5) is 25.1. The van der Waals surface area contributed by atoms with E-state index in [4.69, 9.17) is 0 Å². The van der Waals surface area contributed by atoms with Crippen LogP contribution in [0.5, 0.6) is 0 Å². The van der Waals surface area contributed by atoms with Crippen molar-refractivity contribution in [1.29, 1.82) is 0 Å². The van der Waals surface area contributed by atoms with Crippen LogP contribution in [0, 0.1) is 5.92 Å². The number of rotatable bonds is 9. The molecule has 2 aliphatic rings. The highest BCUT2D eigenvalue weighted by atomic mass is 16.1. The van der Waals surface area contributed by atoms with Crippen molar-refractivity contribution < 1.29 is 4.79 Å². The van der Waals surface area contributed by atoms with E-state index in [0.29, 0.717) is 0 Å². The second kappa shape index (κ2) is 11.8. The van der Waals surface area contributed by atoms with Crippen LogP contribution < -0.4 is 10.2 Å². The van der Waals surface area contributed by atoms with Crippen molar-refractivity contribution in [3.8, 4) is 0 Å². The summed E-state index contributed by atoms with van der Waals surface area (Å²) in [5.41, 5.74) is 4.70. The van der Waals surface area contributed by atoms with Crippen molar-refractivity contribution in [3.63, 3.8) is 0 Å². The largest absolute Gasteiger partial charge is 0.367 e. The fraction of sp³-hybridized carbons (Fsp3) is 0.419. The van der Waals surface area contributed by atoms with E-state index in [2.05, 4.69) is 93.5 Å². The molecule has 2 aromatic carbocycles. The van der Waals surface area contributed by atoms with Gasteiger partial charge in [0.05, 0.1) is 17.1 Å². The summed E-state index contributed by atoms with van der Waals surface area (Å²) in [6, 6.07) is 21.2. The minimum absolute atomic E-state index is 0.111. The number of para-hydroxylation sites is 1. The highest BCUT2D eigenvalue weighted by Gasteiger charge is 2.35. The van der Waals surface area contributed by atoms with Gasteiger partial charge in [-0.25, -0.2) is 0 Å². The zero-order valence-electron chi connectivity index (χ0n) is 22.1. The van der Waals surface area contributed by atoms with E-state index in [9.17, 15) is 4.79 Å². The molecule has 1 N–H and O–H groups in total. The number of aromatic nitrogens is 1. The van der Waals surface area contributed by atoms with Crippen LogP contribution in [0.3, 0.4) is 0 Å². The molecule has 0 saturated carbocycles. The standard InChI is InChI=1S/C31H39N5O/c1-3-17-36-24(2)27(23-29(36)25-10-5-4-6-11-25)31(37)33-16-9-18-34-19-21-35(22-20-34)28-14-7-12-26-13-8-15-32-30(26)28/h4-8,10-15,23-24,27H,3,9,16-22H2,1-2H3,(H,33,37). The van der Waals surface area contributed by atoms with E-state index < -0.39 is 0 Å². The number of benzene rings is 2. The van der Waals surface area contributed by atoms with Crippen molar-refractivity contribution in [2.45, 2.75) is 32.7 Å². The second-order valence-corrected chi connectivity index (χ2v) is 10.2. The lowest BCUT2D eigenvalue weighted by molar-refractivity contribution is -0.124. The van der Waals surface area contributed by atoms with E-state index in [-0.39, 0.29) is 17.9 Å². The van der Waals surface area contributed by atoms with Gasteiger partial charge in [-0.1, -0.05) is 55.5 Å².